The number of aryl methyl sites for hydroxylation is 1. The molecule has 0 aliphatic carbocycles. The van der Waals surface area contributed by atoms with E-state index in [1.54, 1.807) is 11.7 Å². The maximum absolute atomic E-state index is 6.32. The van der Waals surface area contributed by atoms with Crippen molar-refractivity contribution in [2.75, 3.05) is 18.9 Å². The topological polar surface area (TPSA) is 62.3 Å². The molecule has 1 aromatic carbocycles. The van der Waals surface area contributed by atoms with Crippen LogP contribution in [0.25, 0.3) is 11.3 Å². The van der Waals surface area contributed by atoms with Crippen LogP contribution in [-0.2, 0) is 7.05 Å². The van der Waals surface area contributed by atoms with E-state index in [4.69, 9.17) is 26.8 Å². The molecular formula is C14H16ClN3O2. The highest BCUT2D eigenvalue weighted by Gasteiger charge is 2.21. The molecule has 2 N–H and O–H groups in total. The fourth-order valence-corrected chi connectivity index (χ4v) is 2.55. The first-order chi connectivity index (χ1) is 9.58. The van der Waals surface area contributed by atoms with E-state index in [2.05, 4.69) is 5.10 Å². The Balaban J connectivity index is 2.17. The lowest BCUT2D eigenvalue weighted by atomic mass is 10.0. The lowest BCUT2D eigenvalue weighted by molar-refractivity contribution is 0.296. The van der Waals surface area contributed by atoms with Crippen molar-refractivity contribution < 1.29 is 9.47 Å². The summed E-state index contributed by atoms with van der Waals surface area (Å²) in [6.07, 6.45) is 0.844. The quantitative estimate of drug-likeness (QED) is 0.878. The molecule has 0 bridgehead atoms. The van der Waals surface area contributed by atoms with E-state index in [-0.39, 0.29) is 0 Å². The van der Waals surface area contributed by atoms with Gasteiger partial charge in [-0.25, -0.2) is 0 Å². The minimum absolute atomic E-state index is 0.534. The molecule has 0 saturated carbocycles. The molecular weight excluding hydrogens is 278 g/mol. The number of aromatic nitrogens is 2. The molecule has 0 fully saturated rings. The monoisotopic (exact) mass is 293 g/mol. The summed E-state index contributed by atoms with van der Waals surface area (Å²) in [6.45, 7) is 3.21. The number of hydrogen-bond acceptors (Lipinski definition) is 4. The van der Waals surface area contributed by atoms with Crippen molar-refractivity contribution in [1.29, 1.82) is 0 Å². The Bertz CT molecular complexity index is 647. The number of ether oxygens (including phenoxy) is 2. The lowest BCUT2D eigenvalue weighted by Crippen LogP contribution is -1.98. The second-order valence-electron chi connectivity index (χ2n) is 4.82. The van der Waals surface area contributed by atoms with E-state index < -0.39 is 0 Å². The zero-order chi connectivity index (χ0) is 14.3. The highest BCUT2D eigenvalue weighted by molar-refractivity contribution is 6.32. The van der Waals surface area contributed by atoms with Crippen molar-refractivity contribution in [3.8, 4) is 22.8 Å². The first-order valence-corrected chi connectivity index (χ1v) is 6.84. The molecule has 106 valence electrons. The Kier molecular flexibility index (Phi) is 3.22. The van der Waals surface area contributed by atoms with Gasteiger partial charge in [0.15, 0.2) is 11.5 Å². The molecule has 0 amide bonds. The van der Waals surface area contributed by atoms with Crippen molar-refractivity contribution in [1.82, 2.24) is 9.78 Å². The lowest BCUT2D eigenvalue weighted by Gasteiger charge is -2.14. The summed E-state index contributed by atoms with van der Waals surface area (Å²) < 4.78 is 13.1. The van der Waals surface area contributed by atoms with Gasteiger partial charge in [0.05, 0.1) is 23.9 Å². The number of anilines is 1. The molecule has 5 nitrogen and oxygen atoms in total. The van der Waals surface area contributed by atoms with Gasteiger partial charge in [-0.2, -0.15) is 5.10 Å². The molecule has 0 saturated heterocycles. The third-order valence-electron chi connectivity index (χ3n) is 3.41. The van der Waals surface area contributed by atoms with E-state index in [9.17, 15) is 0 Å². The molecule has 1 aliphatic rings. The minimum Gasteiger partial charge on any atom is -0.489 e. The van der Waals surface area contributed by atoms with Gasteiger partial charge < -0.3 is 15.2 Å². The Morgan fingerprint density at radius 1 is 1.25 bits per heavy atom. The van der Waals surface area contributed by atoms with Gasteiger partial charge in [-0.15, -0.1) is 0 Å². The van der Waals surface area contributed by atoms with Crippen LogP contribution in [-0.4, -0.2) is 23.0 Å². The second kappa shape index (κ2) is 4.90. The summed E-state index contributed by atoms with van der Waals surface area (Å²) in [6, 6.07) is 3.68. The summed E-state index contributed by atoms with van der Waals surface area (Å²) in [4.78, 5) is 0. The van der Waals surface area contributed by atoms with Crippen LogP contribution in [0.2, 0.25) is 5.02 Å². The Labute approximate surface area is 122 Å². The maximum atomic E-state index is 6.32. The molecule has 1 aliphatic heterocycles. The van der Waals surface area contributed by atoms with Crippen LogP contribution in [0.4, 0.5) is 5.82 Å². The number of hydrogen-bond donors (Lipinski definition) is 1. The summed E-state index contributed by atoms with van der Waals surface area (Å²) in [7, 11) is 1.80. The van der Waals surface area contributed by atoms with Gasteiger partial charge in [0.2, 0.25) is 0 Å². The van der Waals surface area contributed by atoms with Crippen LogP contribution in [0.5, 0.6) is 11.5 Å². The highest BCUT2D eigenvalue weighted by atomic mass is 35.5. The van der Waals surface area contributed by atoms with Crippen LogP contribution < -0.4 is 15.2 Å². The molecule has 2 aromatic rings. The van der Waals surface area contributed by atoms with Gasteiger partial charge >= 0.3 is 0 Å². The third kappa shape index (κ3) is 2.08. The number of rotatable bonds is 1. The Morgan fingerprint density at radius 2 is 1.95 bits per heavy atom. The van der Waals surface area contributed by atoms with Crippen molar-refractivity contribution in [3.63, 3.8) is 0 Å². The standard InChI is InChI=1S/C14H16ClN3O2/c1-8-9(11-7-12(16)18(2)17-11)6-10(15)14-13(8)19-4-3-5-20-14/h6-7H,3-5,16H2,1-2H3. The maximum Gasteiger partial charge on any atom is 0.180 e. The Hall–Kier alpha value is -1.88. The van der Waals surface area contributed by atoms with Crippen LogP contribution >= 0.6 is 11.6 Å². The fraction of sp³-hybridized carbons (Fsp3) is 0.357. The van der Waals surface area contributed by atoms with E-state index in [1.807, 2.05) is 19.1 Å². The average Bonchev–Trinajstić information content (AvgIpc) is 2.66. The molecule has 6 heteroatoms. The first kappa shape index (κ1) is 13.1. The number of nitrogen functional groups attached to an aromatic ring is 1. The zero-order valence-corrected chi connectivity index (χ0v) is 12.2. The van der Waals surface area contributed by atoms with Gasteiger partial charge in [0.1, 0.15) is 5.82 Å². The number of nitrogens with zero attached hydrogens (tertiary/aromatic N) is 2. The van der Waals surface area contributed by atoms with Crippen molar-refractivity contribution in [2.45, 2.75) is 13.3 Å². The first-order valence-electron chi connectivity index (χ1n) is 6.46. The minimum atomic E-state index is 0.534. The van der Waals surface area contributed by atoms with Gasteiger partial charge in [0, 0.05) is 30.7 Å². The van der Waals surface area contributed by atoms with Gasteiger partial charge in [-0.05, 0) is 13.0 Å². The highest BCUT2D eigenvalue weighted by Crippen LogP contribution is 2.44. The Morgan fingerprint density at radius 3 is 2.60 bits per heavy atom. The number of fused-ring (bicyclic) bond motifs is 1. The van der Waals surface area contributed by atoms with E-state index in [0.29, 0.717) is 35.6 Å². The molecule has 20 heavy (non-hydrogen) atoms. The molecule has 1 aromatic heterocycles. The van der Waals surface area contributed by atoms with Crippen molar-refractivity contribution in [3.05, 3.63) is 22.7 Å². The molecule has 3 rings (SSSR count). The van der Waals surface area contributed by atoms with Gasteiger partial charge in [0.25, 0.3) is 0 Å². The average molecular weight is 294 g/mol. The zero-order valence-electron chi connectivity index (χ0n) is 11.4. The van der Waals surface area contributed by atoms with Crippen LogP contribution in [0.15, 0.2) is 12.1 Å². The predicted octanol–water partition coefficient (Wildman–Crippen LogP) is 2.79. The summed E-state index contributed by atoms with van der Waals surface area (Å²) in [5.74, 6) is 1.92. The largest absolute Gasteiger partial charge is 0.489 e. The van der Waals surface area contributed by atoms with E-state index in [1.165, 1.54) is 0 Å². The smallest absolute Gasteiger partial charge is 0.180 e. The fourth-order valence-electron chi connectivity index (χ4n) is 2.30. The summed E-state index contributed by atoms with van der Waals surface area (Å²) in [5, 5.41) is 4.93. The SMILES string of the molecule is Cc1c(-c2cc(N)n(C)n2)cc(Cl)c2c1OCCCO2. The van der Waals surface area contributed by atoms with Crippen LogP contribution in [0, 0.1) is 6.92 Å². The number of halogens is 1. The predicted molar refractivity (Wildman–Crippen MR) is 78.4 cm³/mol. The van der Waals surface area contributed by atoms with Crippen LogP contribution in [0.3, 0.4) is 0 Å². The molecule has 2 heterocycles. The van der Waals surface area contributed by atoms with Crippen molar-refractivity contribution in [2.24, 2.45) is 7.05 Å². The molecule has 0 radical (unpaired) electrons. The molecule has 0 atom stereocenters. The van der Waals surface area contributed by atoms with Crippen molar-refractivity contribution >= 4 is 17.4 Å². The normalized spacial score (nSPS) is 14.2. The van der Waals surface area contributed by atoms with Gasteiger partial charge in [-0.3, -0.25) is 4.68 Å². The third-order valence-corrected chi connectivity index (χ3v) is 3.69. The number of benzene rings is 1. The number of nitrogens with two attached hydrogens (primary N) is 1. The summed E-state index contributed by atoms with van der Waals surface area (Å²) in [5.41, 5.74) is 8.49. The summed E-state index contributed by atoms with van der Waals surface area (Å²) >= 11 is 6.32. The van der Waals surface area contributed by atoms with E-state index in [0.717, 1.165) is 23.2 Å². The molecule has 0 spiro atoms. The second-order valence-corrected chi connectivity index (χ2v) is 5.22. The van der Waals surface area contributed by atoms with Gasteiger partial charge in [-0.1, -0.05) is 11.6 Å². The van der Waals surface area contributed by atoms with Crippen LogP contribution in [0.1, 0.15) is 12.0 Å². The van der Waals surface area contributed by atoms with E-state index >= 15 is 0 Å². The molecule has 0 unspecified atom stereocenters.